The molecule has 0 fully saturated rings. The van der Waals surface area contributed by atoms with Crippen molar-refractivity contribution in [3.05, 3.63) is 35.9 Å². The molecule has 1 heterocycles. The minimum atomic E-state index is -4.29. The summed E-state index contributed by atoms with van der Waals surface area (Å²) in [5.74, 6) is 0.613. The van der Waals surface area contributed by atoms with E-state index < -0.39 is 26.0 Å². The monoisotopic (exact) mass is 431 g/mol. The molecule has 13 heteroatoms. The van der Waals surface area contributed by atoms with Crippen LogP contribution in [0.4, 0.5) is 11.6 Å². The first-order valence-electron chi connectivity index (χ1n) is 8.30. The Hall–Kier alpha value is -2.19. The van der Waals surface area contributed by atoms with E-state index >= 15 is 0 Å². The summed E-state index contributed by atoms with van der Waals surface area (Å²) in [6, 6.07) is 5.32. The van der Waals surface area contributed by atoms with Gasteiger partial charge >= 0.3 is 0 Å². The molecular formula is C15H21N5O6S2. The lowest BCUT2D eigenvalue weighted by Crippen LogP contribution is -2.11. The predicted octanol–water partition coefficient (Wildman–Crippen LogP) is 0.574. The van der Waals surface area contributed by atoms with Gasteiger partial charge in [-0.15, -0.1) is 0 Å². The van der Waals surface area contributed by atoms with Gasteiger partial charge in [0, 0.05) is 18.5 Å². The summed E-state index contributed by atoms with van der Waals surface area (Å²) in [6.45, 7) is 0.448. The third-order valence-electron chi connectivity index (χ3n) is 3.54. The lowest BCUT2D eigenvalue weighted by atomic mass is 10.3. The highest BCUT2D eigenvalue weighted by atomic mass is 32.2. The number of hydrogen-bond donors (Lipinski definition) is 4. The second-order valence-corrected chi connectivity index (χ2v) is 8.89. The summed E-state index contributed by atoms with van der Waals surface area (Å²) in [6.07, 6.45) is 1.51. The molecule has 0 bridgehead atoms. The molecule has 0 saturated heterocycles. The SMILES string of the molecule is NCCCc1nc(CCCS(=O)(=O)O)nc(Nc2ccc(S(=O)(=O)O)cc2)n1. The predicted molar refractivity (Wildman–Crippen MR) is 101 cm³/mol. The van der Waals surface area contributed by atoms with E-state index in [1.807, 2.05) is 0 Å². The maximum absolute atomic E-state index is 11.1. The Morgan fingerprint density at radius 3 is 1.96 bits per heavy atom. The first-order chi connectivity index (χ1) is 13.1. The zero-order valence-corrected chi connectivity index (χ0v) is 16.4. The zero-order valence-electron chi connectivity index (χ0n) is 14.8. The molecule has 0 spiro atoms. The number of rotatable bonds is 10. The van der Waals surface area contributed by atoms with E-state index in [0.29, 0.717) is 36.7 Å². The average molecular weight is 431 g/mol. The summed E-state index contributed by atoms with van der Waals surface area (Å²) in [4.78, 5) is 12.5. The number of anilines is 2. The van der Waals surface area contributed by atoms with E-state index in [-0.39, 0.29) is 23.7 Å². The molecule has 0 aliphatic heterocycles. The number of benzene rings is 1. The smallest absolute Gasteiger partial charge is 0.294 e. The van der Waals surface area contributed by atoms with Crippen molar-refractivity contribution in [3.63, 3.8) is 0 Å². The van der Waals surface area contributed by atoms with Gasteiger partial charge in [0.2, 0.25) is 5.95 Å². The van der Waals surface area contributed by atoms with Gasteiger partial charge in [-0.1, -0.05) is 0 Å². The molecule has 2 aromatic rings. The molecule has 0 unspecified atom stereocenters. The average Bonchev–Trinajstić information content (AvgIpc) is 2.58. The van der Waals surface area contributed by atoms with Crippen molar-refractivity contribution in [2.45, 2.75) is 30.6 Å². The van der Waals surface area contributed by atoms with Crippen LogP contribution in [0.15, 0.2) is 29.2 Å². The molecule has 11 nitrogen and oxygen atoms in total. The van der Waals surface area contributed by atoms with Gasteiger partial charge in [-0.05, 0) is 43.7 Å². The maximum atomic E-state index is 11.1. The molecule has 2 rings (SSSR count). The first-order valence-corrected chi connectivity index (χ1v) is 11.4. The summed E-state index contributed by atoms with van der Waals surface area (Å²) >= 11 is 0. The van der Waals surface area contributed by atoms with Gasteiger partial charge in [0.05, 0.1) is 10.6 Å². The molecule has 0 radical (unpaired) electrons. The van der Waals surface area contributed by atoms with Gasteiger partial charge in [0.15, 0.2) is 0 Å². The largest absolute Gasteiger partial charge is 0.330 e. The van der Waals surface area contributed by atoms with E-state index in [4.69, 9.17) is 14.8 Å². The number of nitrogens with zero attached hydrogens (tertiary/aromatic N) is 3. The fourth-order valence-electron chi connectivity index (χ4n) is 2.26. The van der Waals surface area contributed by atoms with Crippen LogP contribution < -0.4 is 11.1 Å². The van der Waals surface area contributed by atoms with Crippen molar-refractivity contribution in [1.82, 2.24) is 15.0 Å². The fraction of sp³-hybridized carbons (Fsp3) is 0.400. The van der Waals surface area contributed by atoms with Gasteiger partial charge in [0.25, 0.3) is 20.2 Å². The standard InChI is InChI=1S/C15H21N5O6S2/c16-9-1-3-13-18-14(4-2-10-27(21,22)23)20-15(19-13)17-11-5-7-12(8-6-11)28(24,25)26/h5-8H,1-4,9-10,16H2,(H,21,22,23)(H,24,25,26)(H,17,18,19,20). The fourth-order valence-corrected chi connectivity index (χ4v) is 3.25. The molecule has 1 aromatic carbocycles. The normalized spacial score (nSPS) is 12.1. The lowest BCUT2D eigenvalue weighted by Gasteiger charge is -2.09. The molecule has 154 valence electrons. The molecule has 0 atom stereocenters. The van der Waals surface area contributed by atoms with Crippen LogP contribution in [0.25, 0.3) is 0 Å². The number of hydrogen-bond acceptors (Lipinski definition) is 9. The maximum Gasteiger partial charge on any atom is 0.294 e. The van der Waals surface area contributed by atoms with E-state index in [9.17, 15) is 16.8 Å². The topological polar surface area (TPSA) is 185 Å². The molecule has 0 saturated carbocycles. The quantitative estimate of drug-likeness (QED) is 0.385. The highest BCUT2D eigenvalue weighted by molar-refractivity contribution is 7.86. The van der Waals surface area contributed by atoms with Crippen LogP contribution in [-0.4, -0.2) is 53.2 Å². The Morgan fingerprint density at radius 2 is 1.46 bits per heavy atom. The second-order valence-electron chi connectivity index (χ2n) is 5.90. The third kappa shape index (κ3) is 7.44. The van der Waals surface area contributed by atoms with Gasteiger partial charge < -0.3 is 11.1 Å². The zero-order chi connectivity index (χ0) is 20.8. The Kier molecular flexibility index (Phi) is 7.37. The van der Waals surface area contributed by atoms with Crippen LogP contribution in [0.5, 0.6) is 0 Å². The van der Waals surface area contributed by atoms with Crippen LogP contribution in [0, 0.1) is 0 Å². The summed E-state index contributed by atoms with van der Waals surface area (Å²) < 4.78 is 61.7. The van der Waals surface area contributed by atoms with Crippen molar-refractivity contribution in [3.8, 4) is 0 Å². The Morgan fingerprint density at radius 1 is 0.893 bits per heavy atom. The number of aromatic nitrogens is 3. The molecule has 28 heavy (non-hydrogen) atoms. The highest BCUT2D eigenvalue weighted by Crippen LogP contribution is 2.17. The van der Waals surface area contributed by atoms with Gasteiger partial charge in [-0.3, -0.25) is 9.11 Å². The molecule has 0 amide bonds. The van der Waals surface area contributed by atoms with Crippen LogP contribution in [0.1, 0.15) is 24.5 Å². The minimum absolute atomic E-state index is 0.141. The lowest BCUT2D eigenvalue weighted by molar-refractivity contribution is 0.479. The number of nitrogens with two attached hydrogens (primary N) is 1. The first kappa shape index (κ1) is 22.1. The summed E-state index contributed by atoms with van der Waals surface area (Å²) in [5.41, 5.74) is 5.98. The Labute approximate surface area is 162 Å². The molecular weight excluding hydrogens is 410 g/mol. The van der Waals surface area contributed by atoms with Crippen LogP contribution in [0.2, 0.25) is 0 Å². The van der Waals surface area contributed by atoms with Crippen LogP contribution in [0.3, 0.4) is 0 Å². The van der Waals surface area contributed by atoms with Crippen molar-refractivity contribution in [2.24, 2.45) is 5.73 Å². The van der Waals surface area contributed by atoms with Crippen molar-refractivity contribution < 1.29 is 25.9 Å². The van der Waals surface area contributed by atoms with Crippen molar-refractivity contribution in [2.75, 3.05) is 17.6 Å². The summed E-state index contributed by atoms with van der Waals surface area (Å²) in [7, 11) is -8.36. The van der Waals surface area contributed by atoms with Crippen molar-refractivity contribution >= 4 is 31.9 Å². The molecule has 5 N–H and O–H groups in total. The minimum Gasteiger partial charge on any atom is -0.330 e. The second kappa shape index (κ2) is 9.34. The van der Waals surface area contributed by atoms with Gasteiger partial charge in [-0.2, -0.15) is 26.8 Å². The number of aryl methyl sites for hydroxylation is 2. The number of nitrogens with one attached hydrogen (secondary N) is 1. The highest BCUT2D eigenvalue weighted by Gasteiger charge is 2.11. The van der Waals surface area contributed by atoms with Crippen LogP contribution in [-0.2, 0) is 33.1 Å². The van der Waals surface area contributed by atoms with E-state index in [2.05, 4.69) is 20.3 Å². The van der Waals surface area contributed by atoms with E-state index in [1.54, 1.807) is 0 Å². The van der Waals surface area contributed by atoms with E-state index in [0.717, 1.165) is 0 Å². The summed E-state index contributed by atoms with van der Waals surface area (Å²) in [5, 5.41) is 2.91. The van der Waals surface area contributed by atoms with Crippen molar-refractivity contribution in [1.29, 1.82) is 0 Å². The van der Waals surface area contributed by atoms with Gasteiger partial charge in [0.1, 0.15) is 11.6 Å². The van der Waals surface area contributed by atoms with Crippen LogP contribution >= 0.6 is 0 Å². The van der Waals surface area contributed by atoms with E-state index in [1.165, 1.54) is 24.3 Å². The molecule has 0 aliphatic rings. The Bertz CT molecular complexity index is 1010. The molecule has 0 aliphatic carbocycles. The third-order valence-corrected chi connectivity index (χ3v) is 5.22. The molecule has 1 aromatic heterocycles. The Balaban J connectivity index is 2.20. The van der Waals surface area contributed by atoms with Gasteiger partial charge in [-0.25, -0.2) is 4.98 Å².